The molecule has 5 heteroatoms. The van der Waals surface area contributed by atoms with E-state index in [1.54, 1.807) is 0 Å². The molecule has 2 saturated carbocycles. The SMILES string of the molecule is CC(C)Oc1ncnc(NCC2CC3CCC2C3)c1N. The molecule has 2 fully saturated rings. The van der Waals surface area contributed by atoms with Gasteiger partial charge in [-0.05, 0) is 50.9 Å². The normalized spacial score (nSPS) is 28.1. The number of ether oxygens (including phenoxy) is 1. The molecule has 3 rings (SSSR count). The Morgan fingerprint density at radius 2 is 2.20 bits per heavy atom. The predicted molar refractivity (Wildman–Crippen MR) is 79.6 cm³/mol. The molecule has 0 saturated heterocycles. The Bertz CT molecular complexity index is 477. The zero-order valence-electron chi connectivity index (χ0n) is 12.3. The number of nitrogens with two attached hydrogens (primary N) is 1. The number of hydrogen-bond donors (Lipinski definition) is 2. The lowest BCUT2D eigenvalue weighted by atomic mass is 9.89. The molecule has 0 aliphatic heterocycles. The standard InChI is InChI=1S/C15H24N4O/c1-9(2)20-15-13(16)14(18-8-19-15)17-7-12-6-10-3-4-11(12)5-10/h8-12H,3-7,16H2,1-2H3,(H,17,18,19). The fourth-order valence-electron chi connectivity index (χ4n) is 3.69. The fourth-order valence-corrected chi connectivity index (χ4v) is 3.69. The van der Waals surface area contributed by atoms with Crippen LogP contribution in [-0.2, 0) is 0 Å². The molecule has 5 nitrogen and oxygen atoms in total. The Kier molecular flexibility index (Phi) is 3.68. The summed E-state index contributed by atoms with van der Waals surface area (Å²) >= 11 is 0. The third-order valence-corrected chi connectivity index (χ3v) is 4.61. The summed E-state index contributed by atoms with van der Waals surface area (Å²) in [6.45, 7) is 4.89. The fraction of sp³-hybridized carbons (Fsp3) is 0.733. The van der Waals surface area contributed by atoms with Crippen LogP contribution in [0.2, 0.25) is 0 Å². The molecule has 3 atom stereocenters. The number of nitrogen functional groups attached to an aromatic ring is 1. The van der Waals surface area contributed by atoms with E-state index in [-0.39, 0.29) is 6.10 Å². The molecule has 0 aromatic carbocycles. The summed E-state index contributed by atoms with van der Waals surface area (Å²) in [6, 6.07) is 0. The minimum atomic E-state index is 0.0608. The van der Waals surface area contributed by atoms with Crippen molar-refractivity contribution in [3.63, 3.8) is 0 Å². The van der Waals surface area contributed by atoms with Gasteiger partial charge in [0.1, 0.15) is 12.0 Å². The molecule has 2 aliphatic rings. The van der Waals surface area contributed by atoms with Crippen LogP contribution >= 0.6 is 0 Å². The maximum absolute atomic E-state index is 6.08. The van der Waals surface area contributed by atoms with Crippen molar-refractivity contribution in [2.75, 3.05) is 17.6 Å². The Balaban J connectivity index is 1.62. The van der Waals surface area contributed by atoms with Gasteiger partial charge in [0.2, 0.25) is 5.88 Å². The topological polar surface area (TPSA) is 73.1 Å². The minimum absolute atomic E-state index is 0.0608. The zero-order chi connectivity index (χ0) is 14.1. The second-order valence-electron chi connectivity index (χ2n) is 6.42. The highest BCUT2D eigenvalue weighted by molar-refractivity contribution is 5.66. The third-order valence-electron chi connectivity index (χ3n) is 4.61. The van der Waals surface area contributed by atoms with Crippen LogP contribution in [0, 0.1) is 17.8 Å². The van der Waals surface area contributed by atoms with Crippen molar-refractivity contribution >= 4 is 11.5 Å². The maximum atomic E-state index is 6.08. The number of anilines is 2. The van der Waals surface area contributed by atoms with Crippen LogP contribution in [0.25, 0.3) is 0 Å². The van der Waals surface area contributed by atoms with Gasteiger partial charge in [0.15, 0.2) is 5.82 Å². The van der Waals surface area contributed by atoms with Crippen molar-refractivity contribution in [1.29, 1.82) is 0 Å². The van der Waals surface area contributed by atoms with E-state index >= 15 is 0 Å². The lowest BCUT2D eigenvalue weighted by Crippen LogP contribution is -2.21. The van der Waals surface area contributed by atoms with Crippen molar-refractivity contribution in [2.24, 2.45) is 17.8 Å². The van der Waals surface area contributed by atoms with Crippen LogP contribution in [0.1, 0.15) is 39.5 Å². The van der Waals surface area contributed by atoms with Crippen LogP contribution in [0.5, 0.6) is 5.88 Å². The van der Waals surface area contributed by atoms with Crippen LogP contribution < -0.4 is 15.8 Å². The summed E-state index contributed by atoms with van der Waals surface area (Å²) in [6.07, 6.45) is 7.19. The summed E-state index contributed by atoms with van der Waals surface area (Å²) in [5, 5.41) is 3.40. The minimum Gasteiger partial charge on any atom is -0.473 e. The van der Waals surface area contributed by atoms with Crippen molar-refractivity contribution in [3.8, 4) is 5.88 Å². The summed E-state index contributed by atoms with van der Waals surface area (Å²) in [4.78, 5) is 8.34. The second-order valence-corrected chi connectivity index (χ2v) is 6.42. The summed E-state index contributed by atoms with van der Waals surface area (Å²) < 4.78 is 5.59. The lowest BCUT2D eigenvalue weighted by Gasteiger charge is -2.22. The van der Waals surface area contributed by atoms with Crippen molar-refractivity contribution < 1.29 is 4.74 Å². The quantitative estimate of drug-likeness (QED) is 0.865. The first kappa shape index (κ1) is 13.5. The number of rotatable bonds is 5. The molecule has 1 aromatic heterocycles. The average Bonchev–Trinajstić information content (AvgIpc) is 3.01. The summed E-state index contributed by atoms with van der Waals surface area (Å²) in [7, 11) is 0. The van der Waals surface area contributed by atoms with E-state index in [1.807, 2.05) is 13.8 Å². The Morgan fingerprint density at radius 1 is 1.35 bits per heavy atom. The zero-order valence-corrected chi connectivity index (χ0v) is 12.3. The van der Waals surface area contributed by atoms with Gasteiger partial charge in [-0.1, -0.05) is 6.42 Å². The second kappa shape index (κ2) is 5.46. The van der Waals surface area contributed by atoms with E-state index in [1.165, 1.54) is 32.0 Å². The van der Waals surface area contributed by atoms with E-state index < -0.39 is 0 Å². The number of nitrogens with one attached hydrogen (secondary N) is 1. The van der Waals surface area contributed by atoms with Gasteiger partial charge in [0.25, 0.3) is 0 Å². The Labute approximate surface area is 120 Å². The monoisotopic (exact) mass is 276 g/mol. The van der Waals surface area contributed by atoms with Crippen LogP contribution in [0.4, 0.5) is 11.5 Å². The highest BCUT2D eigenvalue weighted by atomic mass is 16.5. The first-order valence-corrected chi connectivity index (χ1v) is 7.64. The number of fused-ring (bicyclic) bond motifs is 2. The van der Waals surface area contributed by atoms with Gasteiger partial charge in [-0.25, -0.2) is 4.98 Å². The molecule has 1 heterocycles. The smallest absolute Gasteiger partial charge is 0.242 e. The molecule has 3 N–H and O–H groups in total. The van der Waals surface area contributed by atoms with Crippen molar-refractivity contribution in [1.82, 2.24) is 9.97 Å². The van der Waals surface area contributed by atoms with E-state index in [4.69, 9.17) is 10.5 Å². The number of aromatic nitrogens is 2. The first-order chi connectivity index (χ1) is 9.63. The van der Waals surface area contributed by atoms with Gasteiger partial charge in [-0.15, -0.1) is 0 Å². The van der Waals surface area contributed by atoms with Gasteiger partial charge >= 0.3 is 0 Å². The summed E-state index contributed by atoms with van der Waals surface area (Å²) in [5.74, 6) is 3.83. The number of hydrogen-bond acceptors (Lipinski definition) is 5. The van der Waals surface area contributed by atoms with Crippen LogP contribution in [0.3, 0.4) is 0 Å². The highest BCUT2D eigenvalue weighted by Gasteiger charge is 2.39. The van der Waals surface area contributed by atoms with E-state index in [0.29, 0.717) is 17.4 Å². The predicted octanol–water partition coefficient (Wildman–Crippen LogP) is 2.69. The molecular weight excluding hydrogens is 252 g/mol. The molecule has 2 bridgehead atoms. The van der Waals surface area contributed by atoms with Gasteiger partial charge in [0, 0.05) is 6.54 Å². The first-order valence-electron chi connectivity index (χ1n) is 7.64. The van der Waals surface area contributed by atoms with Gasteiger partial charge in [-0.2, -0.15) is 4.98 Å². The molecule has 0 spiro atoms. The van der Waals surface area contributed by atoms with E-state index in [9.17, 15) is 0 Å². The highest BCUT2D eigenvalue weighted by Crippen LogP contribution is 2.48. The van der Waals surface area contributed by atoms with Crippen LogP contribution in [-0.4, -0.2) is 22.6 Å². The molecular formula is C15H24N4O. The third kappa shape index (κ3) is 2.67. The van der Waals surface area contributed by atoms with Gasteiger partial charge < -0.3 is 15.8 Å². The van der Waals surface area contributed by atoms with E-state index in [0.717, 1.165) is 24.3 Å². The van der Waals surface area contributed by atoms with Gasteiger partial charge in [-0.3, -0.25) is 0 Å². The average molecular weight is 276 g/mol. The Morgan fingerprint density at radius 3 is 2.85 bits per heavy atom. The van der Waals surface area contributed by atoms with Crippen molar-refractivity contribution in [3.05, 3.63) is 6.33 Å². The molecule has 2 aliphatic carbocycles. The molecule has 1 aromatic rings. The number of nitrogens with zero attached hydrogens (tertiary/aromatic N) is 2. The molecule has 20 heavy (non-hydrogen) atoms. The summed E-state index contributed by atoms with van der Waals surface area (Å²) in [5.41, 5.74) is 6.60. The Hall–Kier alpha value is -1.52. The molecule has 0 amide bonds. The van der Waals surface area contributed by atoms with Crippen LogP contribution in [0.15, 0.2) is 6.33 Å². The van der Waals surface area contributed by atoms with E-state index in [2.05, 4.69) is 15.3 Å². The molecule has 110 valence electrons. The maximum Gasteiger partial charge on any atom is 0.242 e. The lowest BCUT2D eigenvalue weighted by molar-refractivity contribution is 0.234. The van der Waals surface area contributed by atoms with Gasteiger partial charge in [0.05, 0.1) is 6.10 Å². The molecule has 3 unspecified atom stereocenters. The molecule has 0 radical (unpaired) electrons. The van der Waals surface area contributed by atoms with Crippen molar-refractivity contribution in [2.45, 2.75) is 45.6 Å². The largest absolute Gasteiger partial charge is 0.473 e.